The highest BCUT2D eigenvalue weighted by Gasteiger charge is 2.22. The summed E-state index contributed by atoms with van der Waals surface area (Å²) >= 11 is 0. The van der Waals surface area contributed by atoms with Gasteiger partial charge in [0.2, 0.25) is 0 Å². The lowest BCUT2D eigenvalue weighted by Crippen LogP contribution is -2.28. The van der Waals surface area contributed by atoms with Crippen molar-refractivity contribution >= 4 is 23.1 Å². The summed E-state index contributed by atoms with van der Waals surface area (Å²) in [6.07, 6.45) is 6.40. The van der Waals surface area contributed by atoms with Gasteiger partial charge in [-0.1, -0.05) is 0 Å². The molecule has 1 aliphatic rings. The summed E-state index contributed by atoms with van der Waals surface area (Å²) in [5.41, 5.74) is 8.95. The summed E-state index contributed by atoms with van der Waals surface area (Å²) in [6, 6.07) is 0. The van der Waals surface area contributed by atoms with Gasteiger partial charge in [0.25, 0.3) is 5.91 Å². The largest absolute Gasteiger partial charge is 0.381 e. The average molecular weight is 341 g/mol. The van der Waals surface area contributed by atoms with Gasteiger partial charge in [0.15, 0.2) is 17.3 Å². The number of aromatic nitrogens is 4. The molecule has 25 heavy (non-hydrogen) atoms. The predicted molar refractivity (Wildman–Crippen MR) is 89.6 cm³/mol. The van der Waals surface area contributed by atoms with Crippen LogP contribution in [-0.2, 0) is 13.0 Å². The van der Waals surface area contributed by atoms with Gasteiger partial charge in [0.05, 0.1) is 24.3 Å². The van der Waals surface area contributed by atoms with E-state index in [-0.39, 0.29) is 17.0 Å². The van der Waals surface area contributed by atoms with E-state index in [0.29, 0.717) is 5.69 Å². The minimum atomic E-state index is -0.563. The fourth-order valence-electron chi connectivity index (χ4n) is 3.07. The van der Waals surface area contributed by atoms with Crippen molar-refractivity contribution in [1.82, 2.24) is 24.5 Å². The Morgan fingerprint density at radius 1 is 1.36 bits per heavy atom. The highest BCUT2D eigenvalue weighted by molar-refractivity contribution is 6.11. The first-order valence-corrected chi connectivity index (χ1v) is 7.78. The molecule has 4 rings (SSSR count). The van der Waals surface area contributed by atoms with Crippen LogP contribution in [0.2, 0.25) is 0 Å². The van der Waals surface area contributed by atoms with Gasteiger partial charge in [0.1, 0.15) is 5.56 Å². The van der Waals surface area contributed by atoms with Gasteiger partial charge in [-0.2, -0.15) is 0 Å². The molecule has 0 bridgehead atoms. The maximum absolute atomic E-state index is 13.3. The molecule has 0 spiro atoms. The van der Waals surface area contributed by atoms with E-state index in [9.17, 15) is 9.18 Å². The van der Waals surface area contributed by atoms with Gasteiger partial charge in [-0.25, -0.2) is 13.9 Å². The molecule has 0 radical (unpaired) electrons. The molecule has 0 unspecified atom stereocenters. The third-order valence-electron chi connectivity index (χ3n) is 4.27. The number of amides is 1. The van der Waals surface area contributed by atoms with Crippen molar-refractivity contribution in [3.63, 3.8) is 0 Å². The first-order valence-electron chi connectivity index (χ1n) is 7.78. The van der Waals surface area contributed by atoms with Crippen molar-refractivity contribution in [2.45, 2.75) is 13.0 Å². The Kier molecular flexibility index (Phi) is 3.57. The minimum Gasteiger partial charge on any atom is -0.381 e. The van der Waals surface area contributed by atoms with Gasteiger partial charge in [-0.3, -0.25) is 9.78 Å². The number of likely N-dealkylation sites (N-methyl/N-ethyl adjacent to an activating group) is 1. The number of anilines is 2. The molecule has 1 aliphatic heterocycles. The molecular weight excluding hydrogens is 325 g/mol. The molecule has 0 fully saturated rings. The van der Waals surface area contributed by atoms with Crippen LogP contribution in [0.4, 0.5) is 15.9 Å². The number of rotatable bonds is 2. The zero-order valence-corrected chi connectivity index (χ0v) is 13.5. The summed E-state index contributed by atoms with van der Waals surface area (Å²) in [5, 5.41) is 6.79. The number of nitrogens with zero attached hydrogens (tertiary/aromatic N) is 5. The topological polar surface area (TPSA) is 101 Å². The second-order valence-electron chi connectivity index (χ2n) is 6.07. The summed E-state index contributed by atoms with van der Waals surface area (Å²) in [6.45, 7) is 1.69. The molecule has 1 amide bonds. The highest BCUT2D eigenvalue weighted by atomic mass is 19.1. The number of nitrogens with one attached hydrogen (secondary N) is 1. The SMILES string of the molecule is CN1CCc2c(cncc2NC(=O)c2c(N)nn3cc(F)cnc23)C1. The van der Waals surface area contributed by atoms with Crippen LogP contribution in [0.15, 0.2) is 24.8 Å². The van der Waals surface area contributed by atoms with E-state index in [1.54, 1.807) is 6.20 Å². The summed E-state index contributed by atoms with van der Waals surface area (Å²) < 4.78 is 14.4. The van der Waals surface area contributed by atoms with Gasteiger partial charge in [-0.15, -0.1) is 5.10 Å². The molecule has 3 N–H and O–H groups in total. The number of nitrogen functional groups attached to an aromatic ring is 1. The zero-order valence-electron chi connectivity index (χ0n) is 13.5. The average Bonchev–Trinajstić information content (AvgIpc) is 2.89. The molecule has 0 saturated heterocycles. The third kappa shape index (κ3) is 2.68. The maximum atomic E-state index is 13.3. The number of hydrogen-bond donors (Lipinski definition) is 2. The van der Waals surface area contributed by atoms with E-state index < -0.39 is 11.7 Å². The van der Waals surface area contributed by atoms with Crippen LogP contribution in [0, 0.1) is 5.82 Å². The number of fused-ring (bicyclic) bond motifs is 2. The van der Waals surface area contributed by atoms with Crippen LogP contribution in [0.1, 0.15) is 21.5 Å². The summed E-state index contributed by atoms with van der Waals surface area (Å²) in [5.74, 6) is -1.01. The summed E-state index contributed by atoms with van der Waals surface area (Å²) in [7, 11) is 2.04. The van der Waals surface area contributed by atoms with Crippen LogP contribution >= 0.6 is 0 Å². The molecule has 0 atom stereocenters. The van der Waals surface area contributed by atoms with Crippen LogP contribution in [0.3, 0.4) is 0 Å². The monoisotopic (exact) mass is 341 g/mol. The van der Waals surface area contributed by atoms with Crippen molar-refractivity contribution < 1.29 is 9.18 Å². The standard InChI is InChI=1S/C16H16FN7O/c1-23-3-2-11-9(7-23)4-19-6-12(11)21-16(25)13-14(18)22-24-8-10(17)5-20-15(13)24/h4-6,8H,2-3,7H2,1H3,(H2,18,22)(H,21,25). The lowest BCUT2D eigenvalue weighted by atomic mass is 10.0. The van der Waals surface area contributed by atoms with Gasteiger partial charge in [-0.05, 0) is 24.6 Å². The number of carbonyl (C=O) groups is 1. The fraction of sp³-hybridized carbons (Fsp3) is 0.250. The van der Waals surface area contributed by atoms with Gasteiger partial charge >= 0.3 is 0 Å². The number of halogens is 1. The molecule has 128 valence electrons. The van der Waals surface area contributed by atoms with E-state index in [1.165, 1.54) is 0 Å². The van der Waals surface area contributed by atoms with Crippen LogP contribution in [0.5, 0.6) is 0 Å². The molecule has 0 aliphatic carbocycles. The molecule has 4 heterocycles. The van der Waals surface area contributed by atoms with Crippen molar-refractivity contribution in [2.24, 2.45) is 0 Å². The molecule has 9 heteroatoms. The number of carbonyl (C=O) groups excluding carboxylic acids is 1. The Hall–Kier alpha value is -3.07. The van der Waals surface area contributed by atoms with Crippen LogP contribution in [0.25, 0.3) is 5.65 Å². The summed E-state index contributed by atoms with van der Waals surface area (Å²) in [4.78, 5) is 23.0. The minimum absolute atomic E-state index is 0.00640. The first kappa shape index (κ1) is 15.5. The van der Waals surface area contributed by atoms with E-state index in [4.69, 9.17) is 5.73 Å². The Balaban J connectivity index is 1.70. The fourth-order valence-corrected chi connectivity index (χ4v) is 3.07. The molecule has 0 saturated carbocycles. The van der Waals surface area contributed by atoms with Crippen molar-refractivity contribution in [1.29, 1.82) is 0 Å². The van der Waals surface area contributed by atoms with Crippen LogP contribution < -0.4 is 11.1 Å². The van der Waals surface area contributed by atoms with Crippen LogP contribution in [-0.4, -0.2) is 44.0 Å². The smallest absolute Gasteiger partial charge is 0.263 e. The predicted octanol–water partition coefficient (Wildman–Crippen LogP) is 1.09. The number of hydrogen-bond acceptors (Lipinski definition) is 6. The van der Waals surface area contributed by atoms with E-state index in [1.807, 2.05) is 13.2 Å². The van der Waals surface area contributed by atoms with Crippen molar-refractivity contribution in [3.05, 3.63) is 47.3 Å². The lowest BCUT2D eigenvalue weighted by Gasteiger charge is -2.26. The lowest BCUT2D eigenvalue weighted by molar-refractivity contribution is 0.102. The first-order chi connectivity index (χ1) is 12.0. The number of pyridine rings is 1. The second-order valence-corrected chi connectivity index (χ2v) is 6.07. The van der Waals surface area contributed by atoms with E-state index in [0.717, 1.165) is 47.5 Å². The molecule has 8 nitrogen and oxygen atoms in total. The Labute approximate surface area is 142 Å². The Bertz CT molecular complexity index is 984. The zero-order chi connectivity index (χ0) is 17.6. The highest BCUT2D eigenvalue weighted by Crippen LogP contribution is 2.26. The van der Waals surface area contributed by atoms with Crippen molar-refractivity contribution in [3.8, 4) is 0 Å². The Morgan fingerprint density at radius 2 is 2.20 bits per heavy atom. The Morgan fingerprint density at radius 3 is 3.04 bits per heavy atom. The quantitative estimate of drug-likeness (QED) is 0.723. The molecule has 0 aromatic carbocycles. The second kappa shape index (κ2) is 5.78. The van der Waals surface area contributed by atoms with Gasteiger partial charge in [0, 0.05) is 19.3 Å². The van der Waals surface area contributed by atoms with Gasteiger partial charge < -0.3 is 16.0 Å². The van der Waals surface area contributed by atoms with Crippen molar-refractivity contribution in [2.75, 3.05) is 24.6 Å². The molecular formula is C16H16FN7O. The van der Waals surface area contributed by atoms with E-state index >= 15 is 0 Å². The maximum Gasteiger partial charge on any atom is 0.263 e. The molecule has 3 aromatic heterocycles. The van der Waals surface area contributed by atoms with E-state index in [2.05, 4.69) is 25.3 Å². The normalized spacial score (nSPS) is 14.5. The molecule has 3 aromatic rings. The number of nitrogens with two attached hydrogens (primary N) is 1. The third-order valence-corrected chi connectivity index (χ3v) is 4.27.